The van der Waals surface area contributed by atoms with E-state index in [1.54, 1.807) is 0 Å². The Morgan fingerprint density at radius 3 is 2.68 bits per heavy atom. The first kappa shape index (κ1) is 19.3. The van der Waals surface area contributed by atoms with Gasteiger partial charge in [-0.05, 0) is 42.3 Å². The molecule has 0 amide bonds. The molecule has 0 bridgehead atoms. The van der Waals surface area contributed by atoms with Gasteiger partial charge in [-0.25, -0.2) is 9.97 Å². The Morgan fingerprint density at radius 2 is 1.90 bits per heavy atom. The van der Waals surface area contributed by atoms with Crippen molar-refractivity contribution in [2.75, 3.05) is 30.4 Å². The van der Waals surface area contributed by atoms with Crippen LogP contribution < -0.4 is 15.5 Å². The van der Waals surface area contributed by atoms with Crippen LogP contribution in [0.4, 0.5) is 11.6 Å². The topological polar surface area (TPSA) is 70.9 Å². The van der Waals surface area contributed by atoms with Crippen LogP contribution in [0.15, 0.2) is 67.8 Å². The van der Waals surface area contributed by atoms with Gasteiger partial charge in [0.2, 0.25) is 0 Å². The Bertz CT molecular complexity index is 1250. The molecule has 0 unspecified atom stereocenters. The van der Waals surface area contributed by atoms with Gasteiger partial charge in [0.05, 0.1) is 6.20 Å². The Hall–Kier alpha value is -3.71. The van der Waals surface area contributed by atoms with Crippen LogP contribution in [-0.2, 0) is 7.05 Å². The lowest BCUT2D eigenvalue weighted by atomic mass is 10.0. The molecule has 1 aromatic carbocycles. The molecule has 4 heterocycles. The molecule has 1 aliphatic heterocycles. The first-order valence-corrected chi connectivity index (χ1v) is 10.3. The van der Waals surface area contributed by atoms with Gasteiger partial charge in [0, 0.05) is 67.0 Å². The molecule has 1 fully saturated rings. The predicted molar refractivity (Wildman–Crippen MR) is 126 cm³/mol. The summed E-state index contributed by atoms with van der Waals surface area (Å²) in [6.07, 6.45) is 7.61. The second kappa shape index (κ2) is 7.85. The summed E-state index contributed by atoms with van der Waals surface area (Å²) in [7, 11) is 3.92. The molecule has 1 saturated heterocycles. The smallest absolute Gasteiger partial charge is 0.130 e. The van der Waals surface area contributed by atoms with Crippen LogP contribution >= 0.6 is 0 Å². The van der Waals surface area contributed by atoms with E-state index in [-0.39, 0.29) is 0 Å². The lowest BCUT2D eigenvalue weighted by Crippen LogP contribution is -2.57. The molecule has 2 N–H and O–H groups in total. The third-order valence-corrected chi connectivity index (χ3v) is 5.75. The van der Waals surface area contributed by atoms with Crippen molar-refractivity contribution in [2.24, 2.45) is 7.05 Å². The van der Waals surface area contributed by atoms with Gasteiger partial charge >= 0.3 is 0 Å². The highest BCUT2D eigenvalue weighted by Crippen LogP contribution is 2.27. The zero-order chi connectivity index (χ0) is 21.4. The monoisotopic (exact) mass is 411 g/mol. The summed E-state index contributed by atoms with van der Waals surface area (Å²) in [6.45, 7) is 6.16. The van der Waals surface area contributed by atoms with Crippen LogP contribution in [0.1, 0.15) is 5.56 Å². The third-order valence-electron chi connectivity index (χ3n) is 5.75. The SMILES string of the molecule is C=C(Nc1cc2cc(-c3cnn(C)c3)ccc2cn1)c1ccnc(N2CC(NC)C2)c1. The van der Waals surface area contributed by atoms with Crippen molar-refractivity contribution in [1.29, 1.82) is 0 Å². The molecule has 3 aromatic heterocycles. The molecule has 0 aliphatic carbocycles. The van der Waals surface area contributed by atoms with Crippen LogP contribution in [0.3, 0.4) is 0 Å². The van der Waals surface area contributed by atoms with Crippen molar-refractivity contribution >= 4 is 28.1 Å². The van der Waals surface area contributed by atoms with Gasteiger partial charge < -0.3 is 15.5 Å². The fraction of sp³-hybridized carbons (Fsp3) is 0.208. The molecule has 7 heteroatoms. The lowest BCUT2D eigenvalue weighted by Gasteiger charge is -2.40. The molecule has 0 atom stereocenters. The van der Waals surface area contributed by atoms with Crippen LogP contribution in [0.5, 0.6) is 0 Å². The summed E-state index contributed by atoms with van der Waals surface area (Å²) in [4.78, 5) is 11.3. The van der Waals surface area contributed by atoms with Gasteiger partial charge in [-0.1, -0.05) is 18.7 Å². The predicted octanol–water partition coefficient (Wildman–Crippen LogP) is 3.52. The number of anilines is 2. The van der Waals surface area contributed by atoms with E-state index >= 15 is 0 Å². The molecular weight excluding hydrogens is 386 g/mol. The maximum absolute atomic E-state index is 4.56. The average molecular weight is 412 g/mol. The highest BCUT2D eigenvalue weighted by Gasteiger charge is 2.26. The number of nitrogens with zero attached hydrogens (tertiary/aromatic N) is 5. The normalized spacial score (nSPS) is 13.9. The molecular formula is C24H25N7. The minimum absolute atomic E-state index is 0.533. The Morgan fingerprint density at radius 1 is 1.03 bits per heavy atom. The average Bonchev–Trinajstić information content (AvgIpc) is 3.19. The van der Waals surface area contributed by atoms with Crippen molar-refractivity contribution in [3.63, 3.8) is 0 Å². The van der Waals surface area contributed by atoms with Crippen LogP contribution in [0, 0.1) is 0 Å². The summed E-state index contributed by atoms with van der Waals surface area (Å²) in [5, 5.41) is 13.1. The molecule has 0 radical (unpaired) electrons. The second-order valence-corrected chi connectivity index (χ2v) is 7.93. The van der Waals surface area contributed by atoms with Crippen LogP contribution in [0.25, 0.3) is 27.6 Å². The van der Waals surface area contributed by atoms with Crippen LogP contribution in [-0.4, -0.2) is 45.9 Å². The van der Waals surface area contributed by atoms with E-state index in [9.17, 15) is 0 Å². The maximum Gasteiger partial charge on any atom is 0.130 e. The van der Waals surface area contributed by atoms with Gasteiger partial charge in [0.1, 0.15) is 11.6 Å². The number of hydrogen-bond donors (Lipinski definition) is 2. The van der Waals surface area contributed by atoms with Gasteiger partial charge in [-0.2, -0.15) is 5.10 Å². The van der Waals surface area contributed by atoms with E-state index in [4.69, 9.17) is 0 Å². The molecule has 7 nitrogen and oxygen atoms in total. The highest BCUT2D eigenvalue weighted by molar-refractivity contribution is 5.89. The van der Waals surface area contributed by atoms with Crippen molar-refractivity contribution in [2.45, 2.75) is 6.04 Å². The van der Waals surface area contributed by atoms with E-state index in [1.165, 1.54) is 0 Å². The first-order chi connectivity index (χ1) is 15.1. The van der Waals surface area contributed by atoms with Crippen molar-refractivity contribution in [3.8, 4) is 11.1 Å². The van der Waals surface area contributed by atoms with Gasteiger partial charge in [0.15, 0.2) is 0 Å². The number of aromatic nitrogens is 4. The number of likely N-dealkylation sites (N-methyl/N-ethyl adjacent to an activating group) is 1. The van der Waals surface area contributed by atoms with E-state index in [0.29, 0.717) is 6.04 Å². The maximum atomic E-state index is 4.56. The van der Waals surface area contributed by atoms with Gasteiger partial charge in [-0.3, -0.25) is 4.68 Å². The van der Waals surface area contributed by atoms with E-state index < -0.39 is 0 Å². The van der Waals surface area contributed by atoms with Crippen LogP contribution in [0.2, 0.25) is 0 Å². The quantitative estimate of drug-likeness (QED) is 0.506. The third kappa shape index (κ3) is 3.87. The zero-order valence-corrected chi connectivity index (χ0v) is 17.7. The summed E-state index contributed by atoms with van der Waals surface area (Å²) in [6, 6.07) is 13.0. The number of nitrogens with one attached hydrogen (secondary N) is 2. The number of rotatable bonds is 6. The number of fused-ring (bicyclic) bond motifs is 1. The second-order valence-electron chi connectivity index (χ2n) is 7.93. The minimum atomic E-state index is 0.533. The Balaban J connectivity index is 1.35. The Labute approximate surface area is 181 Å². The number of pyridine rings is 2. The highest BCUT2D eigenvalue weighted by atomic mass is 15.3. The van der Waals surface area contributed by atoms with Crippen molar-refractivity contribution in [3.05, 3.63) is 73.3 Å². The zero-order valence-electron chi connectivity index (χ0n) is 17.7. The van der Waals surface area contributed by atoms with Crippen molar-refractivity contribution < 1.29 is 0 Å². The lowest BCUT2D eigenvalue weighted by molar-refractivity contribution is 0.447. The fourth-order valence-electron chi connectivity index (χ4n) is 3.81. The molecule has 4 aromatic rings. The van der Waals surface area contributed by atoms with Crippen molar-refractivity contribution in [1.82, 2.24) is 25.1 Å². The van der Waals surface area contributed by atoms with E-state index in [1.807, 2.05) is 49.6 Å². The minimum Gasteiger partial charge on any atom is -0.353 e. The van der Waals surface area contributed by atoms with E-state index in [0.717, 1.165) is 57.9 Å². The summed E-state index contributed by atoms with van der Waals surface area (Å²) >= 11 is 0. The summed E-state index contributed by atoms with van der Waals surface area (Å²) in [5.74, 6) is 1.73. The summed E-state index contributed by atoms with van der Waals surface area (Å²) in [5.41, 5.74) is 4.02. The molecule has 1 aliphatic rings. The molecule has 5 rings (SSSR count). The largest absolute Gasteiger partial charge is 0.353 e. The first-order valence-electron chi connectivity index (χ1n) is 10.3. The molecule has 156 valence electrons. The Kier molecular flexibility index (Phi) is 4.88. The molecule has 31 heavy (non-hydrogen) atoms. The van der Waals surface area contributed by atoms with E-state index in [2.05, 4.69) is 67.5 Å². The van der Waals surface area contributed by atoms with Gasteiger partial charge in [0.25, 0.3) is 0 Å². The summed E-state index contributed by atoms with van der Waals surface area (Å²) < 4.78 is 1.81. The number of benzene rings is 1. The number of aryl methyl sites for hydroxylation is 1. The fourth-order valence-corrected chi connectivity index (χ4v) is 3.81. The number of hydrogen-bond acceptors (Lipinski definition) is 6. The molecule has 0 saturated carbocycles. The van der Waals surface area contributed by atoms with Gasteiger partial charge in [-0.15, -0.1) is 0 Å². The standard InChI is InChI=1S/C24H25N7/c1-16(17-6-7-26-24(10-17)31-14-22(15-31)25-2)29-23-9-20-8-18(4-5-19(20)11-27-23)21-12-28-30(3)13-21/h4-13,22,25H,1,14-15H2,2-3H3,(H,27,29). The molecule has 0 spiro atoms.